The summed E-state index contributed by atoms with van der Waals surface area (Å²) >= 11 is 7.05. The predicted octanol–water partition coefficient (Wildman–Crippen LogP) is 0.839. The SMILES string of the molecule is CC(O)C(N)CNC(=O)c1sccc1Cl. The number of carbonyl (C=O) groups is 1. The third kappa shape index (κ3) is 3.46. The number of nitrogens with one attached hydrogen (secondary N) is 1. The molecular weight excluding hydrogens is 236 g/mol. The molecule has 4 N–H and O–H groups in total. The van der Waals surface area contributed by atoms with Crippen LogP contribution in [-0.4, -0.2) is 29.7 Å². The molecule has 1 rings (SSSR count). The monoisotopic (exact) mass is 248 g/mol. The van der Waals surface area contributed by atoms with Gasteiger partial charge in [-0.1, -0.05) is 11.6 Å². The number of thiophene rings is 1. The van der Waals surface area contributed by atoms with Crippen molar-refractivity contribution >= 4 is 28.8 Å². The average Bonchev–Trinajstić information content (AvgIpc) is 2.60. The van der Waals surface area contributed by atoms with Crippen molar-refractivity contribution in [3.8, 4) is 0 Å². The number of rotatable bonds is 4. The van der Waals surface area contributed by atoms with Gasteiger partial charge in [-0.05, 0) is 18.4 Å². The van der Waals surface area contributed by atoms with Crippen LogP contribution in [0.15, 0.2) is 11.4 Å². The standard InChI is InChI=1S/C9H13ClN2O2S/c1-5(13)7(11)4-12-9(14)8-6(10)2-3-15-8/h2-3,5,7,13H,4,11H2,1H3,(H,12,14). The lowest BCUT2D eigenvalue weighted by Gasteiger charge is -2.14. The van der Waals surface area contributed by atoms with Crippen molar-refractivity contribution < 1.29 is 9.90 Å². The maximum Gasteiger partial charge on any atom is 0.262 e. The van der Waals surface area contributed by atoms with Gasteiger partial charge in [-0.25, -0.2) is 0 Å². The zero-order valence-corrected chi connectivity index (χ0v) is 9.81. The molecule has 0 spiro atoms. The molecule has 6 heteroatoms. The molecule has 0 aromatic carbocycles. The Morgan fingerprint density at radius 2 is 2.47 bits per heavy atom. The first-order chi connectivity index (χ1) is 7.02. The molecule has 1 aromatic rings. The zero-order valence-electron chi connectivity index (χ0n) is 8.24. The minimum atomic E-state index is -0.649. The summed E-state index contributed by atoms with van der Waals surface area (Å²) in [6.07, 6.45) is -0.649. The smallest absolute Gasteiger partial charge is 0.262 e. The number of nitrogens with two attached hydrogens (primary N) is 1. The summed E-state index contributed by atoms with van der Waals surface area (Å²) in [5.74, 6) is -0.258. The first-order valence-corrected chi connectivity index (χ1v) is 5.73. The largest absolute Gasteiger partial charge is 0.392 e. The van der Waals surface area contributed by atoms with Crippen molar-refractivity contribution in [2.45, 2.75) is 19.1 Å². The Hall–Kier alpha value is -0.620. The van der Waals surface area contributed by atoms with Crippen LogP contribution in [0.4, 0.5) is 0 Å². The van der Waals surface area contributed by atoms with E-state index in [0.29, 0.717) is 9.90 Å². The van der Waals surface area contributed by atoms with Gasteiger partial charge < -0.3 is 16.2 Å². The van der Waals surface area contributed by atoms with E-state index in [0.717, 1.165) is 0 Å². The van der Waals surface area contributed by atoms with E-state index < -0.39 is 12.1 Å². The van der Waals surface area contributed by atoms with E-state index in [1.807, 2.05) is 0 Å². The van der Waals surface area contributed by atoms with E-state index in [1.54, 1.807) is 18.4 Å². The molecule has 1 heterocycles. The summed E-state index contributed by atoms with van der Waals surface area (Å²) in [5, 5.41) is 13.9. The highest BCUT2D eigenvalue weighted by atomic mass is 35.5. The van der Waals surface area contributed by atoms with Crippen molar-refractivity contribution in [1.82, 2.24) is 5.32 Å². The Labute approximate surface area is 97.0 Å². The van der Waals surface area contributed by atoms with E-state index in [1.165, 1.54) is 11.3 Å². The second-order valence-electron chi connectivity index (χ2n) is 3.21. The van der Waals surface area contributed by atoms with Gasteiger partial charge in [0.2, 0.25) is 0 Å². The van der Waals surface area contributed by atoms with Crippen LogP contribution in [0.3, 0.4) is 0 Å². The molecule has 0 fully saturated rings. The number of carbonyl (C=O) groups excluding carboxylic acids is 1. The van der Waals surface area contributed by atoms with E-state index in [-0.39, 0.29) is 12.5 Å². The van der Waals surface area contributed by atoms with Gasteiger partial charge >= 0.3 is 0 Å². The van der Waals surface area contributed by atoms with E-state index in [9.17, 15) is 4.79 Å². The number of hydrogen-bond acceptors (Lipinski definition) is 4. The summed E-state index contributed by atoms with van der Waals surface area (Å²) in [4.78, 5) is 12.0. The number of amides is 1. The lowest BCUT2D eigenvalue weighted by molar-refractivity contribution is 0.0942. The molecule has 1 aromatic heterocycles. The number of aliphatic hydroxyl groups excluding tert-OH is 1. The fraction of sp³-hybridized carbons (Fsp3) is 0.444. The maximum absolute atomic E-state index is 11.5. The molecule has 0 radical (unpaired) electrons. The molecule has 2 unspecified atom stereocenters. The van der Waals surface area contributed by atoms with Gasteiger partial charge in [0.05, 0.1) is 11.1 Å². The van der Waals surface area contributed by atoms with Gasteiger partial charge in [0.15, 0.2) is 0 Å². The summed E-state index contributed by atoms with van der Waals surface area (Å²) in [6.45, 7) is 1.81. The molecule has 84 valence electrons. The van der Waals surface area contributed by atoms with E-state index in [2.05, 4.69) is 5.32 Å². The maximum atomic E-state index is 11.5. The van der Waals surface area contributed by atoms with Crippen LogP contribution in [0.2, 0.25) is 5.02 Å². The van der Waals surface area contributed by atoms with Gasteiger partial charge in [-0.3, -0.25) is 4.79 Å². The highest BCUT2D eigenvalue weighted by molar-refractivity contribution is 7.12. The average molecular weight is 249 g/mol. The molecule has 0 saturated carbocycles. The van der Waals surface area contributed by atoms with Gasteiger partial charge in [0, 0.05) is 12.6 Å². The first-order valence-electron chi connectivity index (χ1n) is 4.47. The number of halogens is 1. The summed E-state index contributed by atoms with van der Waals surface area (Å²) in [5.41, 5.74) is 5.56. The van der Waals surface area contributed by atoms with Crippen molar-refractivity contribution in [2.24, 2.45) is 5.73 Å². The van der Waals surface area contributed by atoms with Crippen LogP contribution in [0.5, 0.6) is 0 Å². The van der Waals surface area contributed by atoms with Crippen LogP contribution >= 0.6 is 22.9 Å². The summed E-state index contributed by atoms with van der Waals surface area (Å²) in [7, 11) is 0. The molecule has 4 nitrogen and oxygen atoms in total. The lowest BCUT2D eigenvalue weighted by Crippen LogP contribution is -2.43. The van der Waals surface area contributed by atoms with Crippen LogP contribution in [0.1, 0.15) is 16.6 Å². The number of hydrogen-bond donors (Lipinski definition) is 3. The first kappa shape index (κ1) is 12.4. The van der Waals surface area contributed by atoms with Crippen molar-refractivity contribution in [1.29, 1.82) is 0 Å². The van der Waals surface area contributed by atoms with Crippen LogP contribution in [0.25, 0.3) is 0 Å². The minimum absolute atomic E-state index is 0.227. The van der Waals surface area contributed by atoms with Crippen LogP contribution in [-0.2, 0) is 0 Å². The molecule has 2 atom stereocenters. The molecule has 0 aliphatic carbocycles. The summed E-state index contributed by atoms with van der Waals surface area (Å²) in [6, 6.07) is 1.20. The quantitative estimate of drug-likeness (QED) is 0.739. The fourth-order valence-electron chi connectivity index (χ4n) is 0.917. The molecule has 0 aliphatic rings. The van der Waals surface area contributed by atoms with Crippen molar-refractivity contribution in [3.05, 3.63) is 21.3 Å². The van der Waals surface area contributed by atoms with Gasteiger partial charge in [0.1, 0.15) is 4.88 Å². The Morgan fingerprint density at radius 3 is 2.93 bits per heavy atom. The Kier molecular flexibility index (Phi) is 4.53. The highest BCUT2D eigenvalue weighted by Crippen LogP contribution is 2.21. The van der Waals surface area contributed by atoms with E-state index in [4.69, 9.17) is 22.4 Å². The predicted molar refractivity (Wildman–Crippen MR) is 61.3 cm³/mol. The van der Waals surface area contributed by atoms with Gasteiger partial charge in [-0.15, -0.1) is 11.3 Å². The van der Waals surface area contributed by atoms with E-state index >= 15 is 0 Å². The molecule has 0 aliphatic heterocycles. The minimum Gasteiger partial charge on any atom is -0.392 e. The van der Waals surface area contributed by atoms with Gasteiger partial charge in [-0.2, -0.15) is 0 Å². The van der Waals surface area contributed by atoms with Crippen LogP contribution < -0.4 is 11.1 Å². The molecule has 1 amide bonds. The topological polar surface area (TPSA) is 75.3 Å². The van der Waals surface area contributed by atoms with Gasteiger partial charge in [0.25, 0.3) is 5.91 Å². The highest BCUT2D eigenvalue weighted by Gasteiger charge is 2.14. The fourth-order valence-corrected chi connectivity index (χ4v) is 1.97. The third-order valence-electron chi connectivity index (χ3n) is 1.94. The molecular formula is C9H13ClN2O2S. The molecule has 0 saturated heterocycles. The normalized spacial score (nSPS) is 14.7. The zero-order chi connectivity index (χ0) is 11.4. The molecule has 15 heavy (non-hydrogen) atoms. The van der Waals surface area contributed by atoms with Crippen LogP contribution in [0, 0.1) is 0 Å². The Morgan fingerprint density at radius 1 is 1.80 bits per heavy atom. The summed E-state index contributed by atoms with van der Waals surface area (Å²) < 4.78 is 0. The second-order valence-corrected chi connectivity index (χ2v) is 4.54. The Bertz CT molecular complexity index is 341. The lowest BCUT2D eigenvalue weighted by atomic mass is 10.2. The third-order valence-corrected chi connectivity index (χ3v) is 3.28. The number of aliphatic hydroxyl groups is 1. The van der Waals surface area contributed by atoms with Crippen molar-refractivity contribution in [3.63, 3.8) is 0 Å². The molecule has 0 bridgehead atoms. The van der Waals surface area contributed by atoms with Crippen molar-refractivity contribution in [2.75, 3.05) is 6.54 Å². The Balaban J connectivity index is 2.47. The second kappa shape index (κ2) is 5.46.